The molecule has 0 aromatic rings. The predicted molar refractivity (Wildman–Crippen MR) is 155 cm³/mol. The number of ketones is 1. The summed E-state index contributed by atoms with van der Waals surface area (Å²) in [4.78, 5) is 22.7. The Hall–Kier alpha value is -0.370. The Kier molecular flexibility index (Phi) is 29.5. The van der Waals surface area contributed by atoms with Crippen LogP contribution in [-0.4, -0.2) is 11.0 Å². The Morgan fingerprint density at radius 1 is 0.371 bits per heavy atom. The van der Waals surface area contributed by atoms with Crippen molar-refractivity contribution in [3.8, 4) is 0 Å². The molecule has 2 nitrogen and oxygen atoms in total. The zero-order chi connectivity index (χ0) is 25.7. The lowest BCUT2D eigenvalue weighted by Gasteiger charge is -2.04. The van der Waals surface area contributed by atoms with Crippen LogP contribution in [0.25, 0.3) is 0 Å². The molecule has 3 heteroatoms. The number of carbonyl (C=O) groups is 2. The van der Waals surface area contributed by atoms with Gasteiger partial charge in [0.25, 0.3) is 0 Å². The minimum atomic E-state index is -0.193. The van der Waals surface area contributed by atoms with Crippen LogP contribution in [0.1, 0.15) is 193 Å². The maximum absolute atomic E-state index is 12.1. The van der Waals surface area contributed by atoms with E-state index in [0.717, 1.165) is 38.5 Å². The molecule has 0 N–H and O–H groups in total. The number of hydrogen-bond acceptors (Lipinski definition) is 2. The summed E-state index contributed by atoms with van der Waals surface area (Å²) in [5.74, 6) is 0.502. The van der Waals surface area contributed by atoms with Crippen molar-refractivity contribution in [3.63, 3.8) is 0 Å². The van der Waals surface area contributed by atoms with Gasteiger partial charge in [0.2, 0.25) is 5.24 Å². The van der Waals surface area contributed by atoms with Crippen LogP contribution < -0.4 is 0 Å². The Balaban J connectivity index is 3.15. The first-order valence-corrected chi connectivity index (χ1v) is 16.2. The molecule has 0 aromatic heterocycles. The number of hydrogen-bond donors (Lipinski definition) is 0. The van der Waals surface area contributed by atoms with E-state index in [4.69, 9.17) is 11.6 Å². The average Bonchev–Trinajstić information content (AvgIpc) is 2.84. The molecule has 0 rings (SSSR count). The molecular formula is C32H61ClO2. The second-order valence-electron chi connectivity index (χ2n) is 11.0. The summed E-state index contributed by atoms with van der Waals surface area (Å²) in [6.45, 7) is 2.28. The summed E-state index contributed by atoms with van der Waals surface area (Å²) >= 11 is 5.35. The summed E-state index contributed by atoms with van der Waals surface area (Å²) in [6, 6.07) is 0. The zero-order valence-electron chi connectivity index (χ0n) is 23.7. The molecular weight excluding hydrogens is 452 g/mol. The van der Waals surface area contributed by atoms with Gasteiger partial charge in [0.1, 0.15) is 5.78 Å². The molecule has 0 aliphatic rings. The highest BCUT2D eigenvalue weighted by atomic mass is 35.5. The van der Waals surface area contributed by atoms with Crippen LogP contribution in [-0.2, 0) is 9.59 Å². The molecule has 0 unspecified atom stereocenters. The maximum Gasteiger partial charge on any atom is 0.221 e. The van der Waals surface area contributed by atoms with Gasteiger partial charge in [-0.15, -0.1) is 0 Å². The van der Waals surface area contributed by atoms with Crippen molar-refractivity contribution >= 4 is 22.6 Å². The lowest BCUT2D eigenvalue weighted by atomic mass is 10.0. The topological polar surface area (TPSA) is 34.1 Å². The van der Waals surface area contributed by atoms with E-state index in [1.165, 1.54) is 141 Å². The minimum absolute atomic E-state index is 0.193. The van der Waals surface area contributed by atoms with Gasteiger partial charge in [-0.25, -0.2) is 0 Å². The van der Waals surface area contributed by atoms with Crippen LogP contribution >= 0.6 is 11.6 Å². The maximum atomic E-state index is 12.1. The first-order valence-electron chi connectivity index (χ1n) is 15.9. The van der Waals surface area contributed by atoms with Gasteiger partial charge in [0.15, 0.2) is 0 Å². The number of unbranched alkanes of at least 4 members (excludes halogenated alkanes) is 24. The average molecular weight is 513 g/mol. The Morgan fingerprint density at radius 3 is 0.857 bits per heavy atom. The number of halogens is 1. The first kappa shape index (κ1) is 34.6. The van der Waals surface area contributed by atoms with E-state index in [2.05, 4.69) is 6.92 Å². The van der Waals surface area contributed by atoms with E-state index in [1.54, 1.807) is 0 Å². The second kappa shape index (κ2) is 29.9. The van der Waals surface area contributed by atoms with E-state index >= 15 is 0 Å². The Bertz CT molecular complexity index is 449. The molecule has 0 spiro atoms. The molecule has 0 aliphatic heterocycles. The molecule has 0 fully saturated rings. The Morgan fingerprint density at radius 2 is 0.600 bits per heavy atom. The van der Waals surface area contributed by atoms with Crippen molar-refractivity contribution in [1.82, 2.24) is 0 Å². The monoisotopic (exact) mass is 512 g/mol. The molecule has 0 aromatic carbocycles. The summed E-state index contributed by atoms with van der Waals surface area (Å²) in [5.41, 5.74) is 0. The minimum Gasteiger partial charge on any atom is -0.300 e. The third-order valence-electron chi connectivity index (χ3n) is 7.39. The van der Waals surface area contributed by atoms with Crippen molar-refractivity contribution in [2.75, 3.05) is 0 Å². The van der Waals surface area contributed by atoms with Crippen LogP contribution in [0, 0.1) is 0 Å². The molecule has 0 radical (unpaired) electrons. The van der Waals surface area contributed by atoms with Crippen molar-refractivity contribution in [2.24, 2.45) is 0 Å². The number of rotatable bonds is 30. The quantitative estimate of drug-likeness (QED) is 0.0707. The van der Waals surface area contributed by atoms with Gasteiger partial charge in [-0.3, -0.25) is 9.59 Å². The van der Waals surface area contributed by atoms with E-state index in [0.29, 0.717) is 12.2 Å². The SMILES string of the molecule is CCCCCCCCCCCCCCCC(=O)CCCCCCCCCCCCCCCC(=O)Cl. The fourth-order valence-corrected chi connectivity index (χ4v) is 5.13. The lowest BCUT2D eigenvalue weighted by molar-refractivity contribution is -0.119. The third-order valence-corrected chi connectivity index (χ3v) is 7.58. The molecule has 208 valence electrons. The predicted octanol–water partition coefficient (Wildman–Crippen LogP) is 11.7. The highest BCUT2D eigenvalue weighted by Crippen LogP contribution is 2.15. The van der Waals surface area contributed by atoms with Crippen LogP contribution in [0.2, 0.25) is 0 Å². The van der Waals surface area contributed by atoms with Crippen LogP contribution in [0.5, 0.6) is 0 Å². The molecule has 0 heterocycles. The van der Waals surface area contributed by atoms with E-state index in [-0.39, 0.29) is 5.24 Å². The molecule has 0 amide bonds. The van der Waals surface area contributed by atoms with Crippen molar-refractivity contribution in [3.05, 3.63) is 0 Å². The van der Waals surface area contributed by atoms with Crippen LogP contribution in [0.3, 0.4) is 0 Å². The fourth-order valence-electron chi connectivity index (χ4n) is 5.00. The smallest absolute Gasteiger partial charge is 0.221 e. The van der Waals surface area contributed by atoms with Crippen LogP contribution in [0.15, 0.2) is 0 Å². The van der Waals surface area contributed by atoms with Gasteiger partial charge in [0.05, 0.1) is 0 Å². The van der Waals surface area contributed by atoms with Gasteiger partial charge in [-0.1, -0.05) is 155 Å². The third kappa shape index (κ3) is 31.6. The molecule has 0 bridgehead atoms. The normalized spacial score (nSPS) is 11.3. The van der Waals surface area contributed by atoms with Gasteiger partial charge < -0.3 is 0 Å². The number of Topliss-reactive ketones (excluding diaryl/α,β-unsaturated/α-hetero) is 1. The zero-order valence-corrected chi connectivity index (χ0v) is 24.5. The summed E-state index contributed by atoms with van der Waals surface area (Å²) < 4.78 is 0. The molecule has 0 saturated carbocycles. The highest BCUT2D eigenvalue weighted by Gasteiger charge is 2.02. The standard InChI is InChI=1S/C32H61ClO2/c1-2-3-4-5-6-7-8-10-13-16-19-22-25-28-31(34)29-26-23-20-17-14-11-9-12-15-18-21-24-27-30-32(33)35/h2-30H2,1H3. The highest BCUT2D eigenvalue weighted by molar-refractivity contribution is 6.63. The van der Waals surface area contributed by atoms with Gasteiger partial charge in [-0.05, 0) is 30.9 Å². The van der Waals surface area contributed by atoms with Crippen molar-refractivity contribution in [2.45, 2.75) is 193 Å². The van der Waals surface area contributed by atoms with E-state index in [9.17, 15) is 9.59 Å². The first-order chi connectivity index (χ1) is 17.2. The van der Waals surface area contributed by atoms with E-state index in [1.807, 2.05) is 0 Å². The number of carbonyl (C=O) groups excluding carboxylic acids is 2. The lowest BCUT2D eigenvalue weighted by Crippen LogP contribution is -1.97. The molecule has 0 saturated heterocycles. The van der Waals surface area contributed by atoms with Gasteiger partial charge in [0, 0.05) is 19.3 Å². The summed E-state index contributed by atoms with van der Waals surface area (Å²) in [5, 5.41) is -0.193. The summed E-state index contributed by atoms with van der Waals surface area (Å²) in [6.07, 6.45) is 36.3. The fraction of sp³-hybridized carbons (Fsp3) is 0.938. The van der Waals surface area contributed by atoms with Gasteiger partial charge in [-0.2, -0.15) is 0 Å². The van der Waals surface area contributed by atoms with Gasteiger partial charge >= 0.3 is 0 Å². The van der Waals surface area contributed by atoms with Crippen molar-refractivity contribution in [1.29, 1.82) is 0 Å². The summed E-state index contributed by atoms with van der Waals surface area (Å²) in [7, 11) is 0. The Labute approximate surface area is 225 Å². The second-order valence-corrected chi connectivity index (χ2v) is 11.4. The van der Waals surface area contributed by atoms with E-state index < -0.39 is 0 Å². The molecule has 0 aliphatic carbocycles. The van der Waals surface area contributed by atoms with Crippen LogP contribution in [0.4, 0.5) is 0 Å². The molecule has 0 atom stereocenters. The molecule has 35 heavy (non-hydrogen) atoms. The largest absolute Gasteiger partial charge is 0.300 e. The van der Waals surface area contributed by atoms with Crippen molar-refractivity contribution < 1.29 is 9.59 Å².